The van der Waals surface area contributed by atoms with Crippen LogP contribution in [0.15, 0.2) is 71.8 Å². The molecule has 0 atom stereocenters. The Labute approximate surface area is 222 Å². The highest BCUT2D eigenvalue weighted by atomic mass is 32.2. The van der Waals surface area contributed by atoms with Gasteiger partial charge in [-0.2, -0.15) is 0 Å². The van der Waals surface area contributed by atoms with Crippen molar-refractivity contribution in [3.63, 3.8) is 0 Å². The highest BCUT2D eigenvalue weighted by molar-refractivity contribution is 8.00. The Kier molecular flexibility index (Phi) is 6.73. The van der Waals surface area contributed by atoms with Crippen molar-refractivity contribution in [1.82, 2.24) is 15.0 Å². The van der Waals surface area contributed by atoms with E-state index in [2.05, 4.69) is 35.3 Å². The first-order chi connectivity index (χ1) is 18.1. The summed E-state index contributed by atoms with van der Waals surface area (Å²) in [4.78, 5) is 29.5. The van der Waals surface area contributed by atoms with Crippen LogP contribution in [0.1, 0.15) is 5.56 Å². The predicted molar refractivity (Wildman–Crippen MR) is 152 cm³/mol. The van der Waals surface area contributed by atoms with Crippen LogP contribution in [0.4, 0.5) is 11.5 Å². The van der Waals surface area contributed by atoms with E-state index in [9.17, 15) is 4.79 Å². The van der Waals surface area contributed by atoms with E-state index in [0.717, 1.165) is 56.7 Å². The molecule has 1 saturated heterocycles. The Morgan fingerprint density at radius 3 is 2.51 bits per heavy atom. The molecule has 0 bridgehead atoms. The number of para-hydroxylation sites is 2. The standard InChI is InChI=1S/C28H25N5O2S2/c1-18-6-11-23-24(16-18)37-27(32-23)19-7-9-20(10-8-19)29-25(34)17-36-28-26(33-12-14-35-15-13-33)30-21-4-2-3-5-22(21)31-28/h2-11,16H,12-15,17H2,1H3,(H,29,34). The number of thioether (sulfide) groups is 1. The molecule has 2 aromatic heterocycles. The average molecular weight is 528 g/mol. The summed E-state index contributed by atoms with van der Waals surface area (Å²) in [6.45, 7) is 4.92. The number of fused-ring (bicyclic) bond motifs is 2. The zero-order valence-corrected chi connectivity index (χ0v) is 21.9. The van der Waals surface area contributed by atoms with E-state index in [1.54, 1.807) is 11.3 Å². The van der Waals surface area contributed by atoms with Crippen molar-refractivity contribution >= 4 is 61.8 Å². The van der Waals surface area contributed by atoms with Crippen LogP contribution in [0.3, 0.4) is 0 Å². The number of ether oxygens (including phenoxy) is 1. The molecular weight excluding hydrogens is 502 g/mol. The molecule has 3 aromatic carbocycles. The van der Waals surface area contributed by atoms with Gasteiger partial charge in [-0.05, 0) is 61.0 Å². The van der Waals surface area contributed by atoms with E-state index in [4.69, 9.17) is 19.7 Å². The molecule has 0 saturated carbocycles. The van der Waals surface area contributed by atoms with Gasteiger partial charge in [0, 0.05) is 24.3 Å². The fourth-order valence-corrected chi connectivity index (χ4v) is 6.11. The topological polar surface area (TPSA) is 80.2 Å². The van der Waals surface area contributed by atoms with Gasteiger partial charge in [0.2, 0.25) is 5.91 Å². The van der Waals surface area contributed by atoms with E-state index in [1.807, 2.05) is 48.5 Å². The number of nitrogens with one attached hydrogen (secondary N) is 1. The third-order valence-electron chi connectivity index (χ3n) is 6.13. The molecule has 0 radical (unpaired) electrons. The van der Waals surface area contributed by atoms with Crippen molar-refractivity contribution in [2.75, 3.05) is 42.3 Å². The van der Waals surface area contributed by atoms with Crippen molar-refractivity contribution in [3.8, 4) is 10.6 Å². The summed E-state index contributed by atoms with van der Waals surface area (Å²) in [6.07, 6.45) is 0. The molecule has 0 unspecified atom stereocenters. The largest absolute Gasteiger partial charge is 0.378 e. The number of morpholine rings is 1. The zero-order valence-electron chi connectivity index (χ0n) is 20.3. The number of hydrogen-bond donors (Lipinski definition) is 1. The number of amides is 1. The zero-order chi connectivity index (χ0) is 25.2. The minimum Gasteiger partial charge on any atom is -0.378 e. The second-order valence-electron chi connectivity index (χ2n) is 8.84. The summed E-state index contributed by atoms with van der Waals surface area (Å²) in [7, 11) is 0. The number of thiazole rings is 1. The van der Waals surface area contributed by atoms with Gasteiger partial charge in [0.05, 0.1) is 40.2 Å². The van der Waals surface area contributed by atoms with Crippen molar-refractivity contribution in [3.05, 3.63) is 72.3 Å². The Morgan fingerprint density at radius 2 is 1.73 bits per heavy atom. The molecule has 0 spiro atoms. The highest BCUT2D eigenvalue weighted by Crippen LogP contribution is 2.32. The number of aryl methyl sites for hydroxylation is 1. The van der Waals surface area contributed by atoms with Gasteiger partial charge >= 0.3 is 0 Å². The first kappa shape index (κ1) is 23.8. The van der Waals surface area contributed by atoms with Crippen molar-refractivity contribution in [1.29, 1.82) is 0 Å². The van der Waals surface area contributed by atoms with Crippen LogP contribution in [0.5, 0.6) is 0 Å². The average Bonchev–Trinajstić information content (AvgIpc) is 3.35. The summed E-state index contributed by atoms with van der Waals surface area (Å²) in [6, 6.07) is 22.0. The van der Waals surface area contributed by atoms with Gasteiger partial charge in [0.25, 0.3) is 0 Å². The van der Waals surface area contributed by atoms with Gasteiger partial charge in [0.1, 0.15) is 10.0 Å². The lowest BCUT2D eigenvalue weighted by Gasteiger charge is -2.29. The molecule has 37 heavy (non-hydrogen) atoms. The summed E-state index contributed by atoms with van der Waals surface area (Å²) < 4.78 is 6.68. The number of hydrogen-bond acceptors (Lipinski definition) is 8. The fraction of sp³-hybridized carbons (Fsp3) is 0.214. The van der Waals surface area contributed by atoms with Crippen molar-refractivity contribution in [2.45, 2.75) is 11.9 Å². The molecule has 6 rings (SSSR count). The van der Waals surface area contributed by atoms with Crippen molar-refractivity contribution < 1.29 is 9.53 Å². The fourth-order valence-electron chi connectivity index (χ4n) is 4.23. The van der Waals surface area contributed by atoms with Gasteiger partial charge in [-0.1, -0.05) is 30.0 Å². The van der Waals surface area contributed by atoms with Crippen LogP contribution < -0.4 is 10.2 Å². The highest BCUT2D eigenvalue weighted by Gasteiger charge is 2.20. The minimum atomic E-state index is -0.0869. The van der Waals surface area contributed by atoms with Crippen LogP contribution in [-0.4, -0.2) is 52.9 Å². The Balaban J connectivity index is 1.14. The molecule has 1 amide bonds. The lowest BCUT2D eigenvalue weighted by Crippen LogP contribution is -2.37. The first-order valence-corrected chi connectivity index (χ1v) is 13.9. The van der Waals surface area contributed by atoms with E-state index in [-0.39, 0.29) is 11.7 Å². The van der Waals surface area contributed by atoms with E-state index in [1.165, 1.54) is 22.0 Å². The second kappa shape index (κ2) is 10.5. The lowest BCUT2D eigenvalue weighted by atomic mass is 10.2. The summed E-state index contributed by atoms with van der Waals surface area (Å²) in [5, 5.41) is 4.74. The van der Waals surface area contributed by atoms with Crippen LogP contribution in [0, 0.1) is 6.92 Å². The molecule has 7 nitrogen and oxygen atoms in total. The number of nitrogens with zero attached hydrogens (tertiary/aromatic N) is 4. The van der Waals surface area contributed by atoms with E-state index >= 15 is 0 Å². The first-order valence-electron chi connectivity index (χ1n) is 12.1. The number of carbonyl (C=O) groups is 1. The summed E-state index contributed by atoms with van der Waals surface area (Å²) >= 11 is 3.09. The monoisotopic (exact) mass is 527 g/mol. The van der Waals surface area contributed by atoms with Crippen LogP contribution in [-0.2, 0) is 9.53 Å². The summed E-state index contributed by atoms with van der Waals surface area (Å²) in [5.74, 6) is 0.967. The number of benzene rings is 3. The van der Waals surface area contributed by atoms with Crippen molar-refractivity contribution in [2.24, 2.45) is 0 Å². The quantitative estimate of drug-likeness (QED) is 0.280. The van der Waals surface area contributed by atoms with E-state index < -0.39 is 0 Å². The molecular formula is C28H25N5O2S2. The maximum Gasteiger partial charge on any atom is 0.234 e. The molecule has 1 aliphatic rings. The third kappa shape index (κ3) is 5.29. The third-order valence-corrected chi connectivity index (χ3v) is 8.15. The molecule has 0 aliphatic carbocycles. The Bertz CT molecular complexity index is 1580. The summed E-state index contributed by atoms with van der Waals surface area (Å²) in [5.41, 5.74) is 5.69. The van der Waals surface area contributed by atoms with Gasteiger partial charge in [0.15, 0.2) is 5.82 Å². The van der Waals surface area contributed by atoms with Gasteiger partial charge < -0.3 is 15.0 Å². The smallest absolute Gasteiger partial charge is 0.234 e. The maximum atomic E-state index is 12.8. The lowest BCUT2D eigenvalue weighted by molar-refractivity contribution is -0.113. The molecule has 186 valence electrons. The molecule has 9 heteroatoms. The molecule has 1 fully saturated rings. The van der Waals surface area contributed by atoms with E-state index in [0.29, 0.717) is 13.2 Å². The molecule has 1 aliphatic heterocycles. The maximum absolute atomic E-state index is 12.8. The van der Waals surface area contributed by atoms with Gasteiger partial charge in [-0.3, -0.25) is 4.79 Å². The van der Waals surface area contributed by atoms with Crippen LogP contribution in [0.25, 0.3) is 31.8 Å². The number of rotatable bonds is 6. The predicted octanol–water partition coefficient (Wildman–Crippen LogP) is 5.78. The Morgan fingerprint density at radius 1 is 0.973 bits per heavy atom. The van der Waals surface area contributed by atoms with Gasteiger partial charge in [-0.15, -0.1) is 11.3 Å². The van der Waals surface area contributed by atoms with Gasteiger partial charge in [-0.25, -0.2) is 15.0 Å². The van der Waals surface area contributed by atoms with Crippen LogP contribution >= 0.6 is 23.1 Å². The number of aromatic nitrogens is 3. The normalized spacial score (nSPS) is 13.8. The molecule has 1 N–H and O–H groups in total. The molecule has 5 aromatic rings. The molecule has 3 heterocycles. The van der Waals surface area contributed by atoms with Crippen LogP contribution in [0.2, 0.25) is 0 Å². The number of carbonyl (C=O) groups excluding carboxylic acids is 1. The number of anilines is 2. The second-order valence-corrected chi connectivity index (χ2v) is 10.8. The minimum absolute atomic E-state index is 0.0869. The SMILES string of the molecule is Cc1ccc2nc(-c3ccc(NC(=O)CSc4nc5ccccc5nc4N4CCOCC4)cc3)sc2c1. The Hall–Kier alpha value is -3.53.